The number of rotatable bonds is 2. The highest BCUT2D eigenvalue weighted by Crippen LogP contribution is 2.25. The van der Waals surface area contributed by atoms with E-state index in [0.717, 1.165) is 38.2 Å². The maximum absolute atomic E-state index is 5.70. The Balaban J connectivity index is 1.52. The molecule has 3 rings (SSSR count). The fourth-order valence-electron chi connectivity index (χ4n) is 3.98. The molecule has 114 valence electrons. The van der Waals surface area contributed by atoms with Gasteiger partial charge in [0, 0.05) is 32.2 Å². The van der Waals surface area contributed by atoms with Gasteiger partial charge in [-0.15, -0.1) is 0 Å². The standard InChI is InChI=1S/C15H29N5/c16-18-15(17-13-5-1-2-6-13)20-11-9-19(10-12-20)14-7-3-4-8-14/h13-14H,1-12,16H2,(H,17,18). The van der Waals surface area contributed by atoms with Crippen LogP contribution in [0.15, 0.2) is 4.99 Å². The Morgan fingerprint density at radius 2 is 1.50 bits per heavy atom. The third-order valence-corrected chi connectivity index (χ3v) is 5.21. The van der Waals surface area contributed by atoms with Gasteiger partial charge in [0.1, 0.15) is 0 Å². The third kappa shape index (κ3) is 3.26. The van der Waals surface area contributed by atoms with Crippen LogP contribution in [0.1, 0.15) is 51.4 Å². The Morgan fingerprint density at radius 1 is 0.900 bits per heavy atom. The molecule has 0 aromatic carbocycles. The van der Waals surface area contributed by atoms with Gasteiger partial charge in [0.15, 0.2) is 0 Å². The second-order valence-electron chi connectivity index (χ2n) is 6.50. The largest absolute Gasteiger partial charge is 0.339 e. The second kappa shape index (κ2) is 6.76. The minimum atomic E-state index is 0.494. The van der Waals surface area contributed by atoms with Gasteiger partial charge < -0.3 is 4.90 Å². The second-order valence-corrected chi connectivity index (χ2v) is 6.50. The summed E-state index contributed by atoms with van der Waals surface area (Å²) in [4.78, 5) is 9.84. The van der Waals surface area contributed by atoms with E-state index in [2.05, 4.69) is 15.2 Å². The van der Waals surface area contributed by atoms with Crippen LogP contribution in [0.5, 0.6) is 0 Å². The SMILES string of the molecule is NNC(=NC1CCCC1)N1CCN(C2CCCC2)CC1. The van der Waals surface area contributed by atoms with E-state index >= 15 is 0 Å². The first-order valence-electron chi connectivity index (χ1n) is 8.40. The molecule has 0 bridgehead atoms. The molecule has 0 aromatic heterocycles. The fourth-order valence-corrected chi connectivity index (χ4v) is 3.98. The van der Waals surface area contributed by atoms with E-state index in [1.54, 1.807) is 0 Å². The van der Waals surface area contributed by atoms with Crippen LogP contribution in [0.4, 0.5) is 0 Å². The van der Waals surface area contributed by atoms with Gasteiger partial charge in [0.05, 0.1) is 6.04 Å². The minimum Gasteiger partial charge on any atom is -0.339 e. The molecule has 0 aromatic rings. The lowest BCUT2D eigenvalue weighted by molar-refractivity contribution is 0.132. The van der Waals surface area contributed by atoms with Crippen molar-refractivity contribution in [3.05, 3.63) is 0 Å². The summed E-state index contributed by atoms with van der Waals surface area (Å²) in [6, 6.07) is 1.34. The Morgan fingerprint density at radius 3 is 2.10 bits per heavy atom. The molecule has 1 saturated heterocycles. The van der Waals surface area contributed by atoms with Crippen LogP contribution in [0, 0.1) is 0 Å². The van der Waals surface area contributed by atoms with Gasteiger partial charge in [-0.05, 0) is 25.7 Å². The van der Waals surface area contributed by atoms with Crippen LogP contribution in [-0.4, -0.2) is 54.0 Å². The van der Waals surface area contributed by atoms with Crippen molar-refractivity contribution in [2.75, 3.05) is 26.2 Å². The van der Waals surface area contributed by atoms with Crippen molar-refractivity contribution < 1.29 is 0 Å². The molecule has 3 fully saturated rings. The van der Waals surface area contributed by atoms with Crippen molar-refractivity contribution in [3.8, 4) is 0 Å². The lowest BCUT2D eigenvalue weighted by Crippen LogP contribution is -2.55. The summed E-state index contributed by atoms with van der Waals surface area (Å²) >= 11 is 0. The van der Waals surface area contributed by atoms with Crippen molar-refractivity contribution in [2.45, 2.75) is 63.5 Å². The van der Waals surface area contributed by atoms with Crippen LogP contribution >= 0.6 is 0 Å². The zero-order chi connectivity index (χ0) is 13.8. The lowest BCUT2D eigenvalue weighted by atomic mass is 10.2. The van der Waals surface area contributed by atoms with Gasteiger partial charge in [-0.25, -0.2) is 10.8 Å². The molecule has 3 N–H and O–H groups in total. The molecule has 2 saturated carbocycles. The average molecular weight is 279 g/mol. The summed E-state index contributed by atoms with van der Waals surface area (Å²) in [5.74, 6) is 6.62. The number of hydrogen-bond donors (Lipinski definition) is 2. The predicted octanol–water partition coefficient (Wildman–Crippen LogP) is 1.31. The van der Waals surface area contributed by atoms with Gasteiger partial charge in [-0.3, -0.25) is 10.3 Å². The lowest BCUT2D eigenvalue weighted by Gasteiger charge is -2.39. The number of nitrogens with zero attached hydrogens (tertiary/aromatic N) is 3. The first-order chi connectivity index (χ1) is 9.86. The van der Waals surface area contributed by atoms with Crippen LogP contribution in [0.2, 0.25) is 0 Å². The Kier molecular flexibility index (Phi) is 4.78. The molecule has 3 aliphatic rings. The van der Waals surface area contributed by atoms with Gasteiger partial charge in [-0.2, -0.15) is 0 Å². The van der Waals surface area contributed by atoms with Gasteiger partial charge in [-0.1, -0.05) is 25.7 Å². The number of piperazine rings is 1. The van der Waals surface area contributed by atoms with Crippen molar-refractivity contribution in [1.29, 1.82) is 0 Å². The van der Waals surface area contributed by atoms with E-state index < -0.39 is 0 Å². The molecule has 0 amide bonds. The molecule has 0 unspecified atom stereocenters. The van der Waals surface area contributed by atoms with E-state index in [1.807, 2.05) is 0 Å². The smallest absolute Gasteiger partial charge is 0.208 e. The highest BCUT2D eigenvalue weighted by molar-refractivity contribution is 5.79. The molecular weight excluding hydrogens is 250 g/mol. The topological polar surface area (TPSA) is 56.9 Å². The number of nitrogens with two attached hydrogens (primary N) is 1. The number of hydrazine groups is 1. The summed E-state index contributed by atoms with van der Waals surface area (Å²) in [7, 11) is 0. The van der Waals surface area contributed by atoms with Crippen LogP contribution in [0.25, 0.3) is 0 Å². The van der Waals surface area contributed by atoms with Crippen LogP contribution in [-0.2, 0) is 0 Å². The van der Waals surface area contributed by atoms with E-state index in [9.17, 15) is 0 Å². The van der Waals surface area contributed by atoms with Crippen molar-refractivity contribution in [1.82, 2.24) is 15.2 Å². The Bertz CT molecular complexity index is 323. The number of guanidine groups is 1. The Labute approximate surface area is 122 Å². The molecule has 1 aliphatic heterocycles. The number of nitrogens with one attached hydrogen (secondary N) is 1. The normalized spacial score (nSPS) is 27.4. The Hall–Kier alpha value is -0.810. The van der Waals surface area contributed by atoms with E-state index in [1.165, 1.54) is 51.4 Å². The predicted molar refractivity (Wildman–Crippen MR) is 82.4 cm³/mol. The highest BCUT2D eigenvalue weighted by atomic mass is 15.4. The van der Waals surface area contributed by atoms with Crippen LogP contribution in [0.3, 0.4) is 0 Å². The maximum atomic E-state index is 5.70. The average Bonchev–Trinajstić information content (AvgIpc) is 3.18. The molecular formula is C15H29N5. The monoisotopic (exact) mass is 279 g/mol. The van der Waals surface area contributed by atoms with Gasteiger partial charge in [0.2, 0.25) is 5.96 Å². The fraction of sp³-hybridized carbons (Fsp3) is 0.933. The van der Waals surface area contributed by atoms with E-state index in [-0.39, 0.29) is 0 Å². The summed E-state index contributed by atoms with van der Waals surface area (Å²) in [6.45, 7) is 4.45. The summed E-state index contributed by atoms with van der Waals surface area (Å²) in [5.41, 5.74) is 2.84. The van der Waals surface area contributed by atoms with Crippen LogP contribution < -0.4 is 11.3 Å². The molecule has 5 nitrogen and oxygen atoms in total. The molecule has 2 aliphatic carbocycles. The summed E-state index contributed by atoms with van der Waals surface area (Å²) in [6.07, 6.45) is 10.7. The molecule has 1 heterocycles. The van der Waals surface area contributed by atoms with E-state index in [4.69, 9.17) is 10.8 Å². The first kappa shape index (κ1) is 14.1. The van der Waals surface area contributed by atoms with E-state index in [0.29, 0.717) is 6.04 Å². The highest BCUT2D eigenvalue weighted by Gasteiger charge is 2.27. The number of hydrogen-bond acceptors (Lipinski definition) is 3. The minimum absolute atomic E-state index is 0.494. The molecule has 5 heteroatoms. The molecule has 0 radical (unpaired) electrons. The van der Waals surface area contributed by atoms with Gasteiger partial charge >= 0.3 is 0 Å². The molecule has 0 spiro atoms. The molecule has 0 atom stereocenters. The zero-order valence-corrected chi connectivity index (χ0v) is 12.6. The van der Waals surface area contributed by atoms with Crippen molar-refractivity contribution in [3.63, 3.8) is 0 Å². The maximum Gasteiger partial charge on any atom is 0.208 e. The molecule has 20 heavy (non-hydrogen) atoms. The van der Waals surface area contributed by atoms with Crippen molar-refractivity contribution >= 4 is 5.96 Å². The number of aliphatic imine (C=N–C) groups is 1. The summed E-state index contributed by atoms with van der Waals surface area (Å²) in [5, 5.41) is 0. The van der Waals surface area contributed by atoms with Crippen molar-refractivity contribution in [2.24, 2.45) is 10.8 Å². The summed E-state index contributed by atoms with van der Waals surface area (Å²) < 4.78 is 0. The quantitative estimate of drug-likeness (QED) is 0.346. The zero-order valence-electron chi connectivity index (χ0n) is 12.6. The first-order valence-corrected chi connectivity index (χ1v) is 8.40. The third-order valence-electron chi connectivity index (χ3n) is 5.21. The van der Waals surface area contributed by atoms with Gasteiger partial charge in [0.25, 0.3) is 0 Å².